The van der Waals surface area contributed by atoms with Gasteiger partial charge in [0.05, 0.1) is 35.1 Å². The Labute approximate surface area is 283 Å². The number of alkyl carbamates (subject to hydrolysis) is 1. The van der Waals surface area contributed by atoms with Crippen LogP contribution in [0.4, 0.5) is 22.4 Å². The molecule has 1 unspecified atom stereocenters. The molecule has 2 aliphatic rings. The lowest BCUT2D eigenvalue weighted by Crippen LogP contribution is -2.41. The first-order chi connectivity index (χ1) is 22.8. The standard InChI is InChI=1S/C34H43BF4N4O6/c1-31(2,3)47-30(44)40-15-17-45-26-14-12-22(20-41-26)28(24(19-34(37,38)39)35-48-32(4,5)33(6,7)49-35)21-11-13-25-23(18-21)29(36)42-43(25)27-10-8-9-16-46-27/h11-14,18,20,27H,8-10,15-17,19H2,1-7H3,(H,40,44)/b28-24-. The fourth-order valence-corrected chi connectivity index (χ4v) is 5.66. The van der Waals surface area contributed by atoms with Crippen molar-refractivity contribution >= 4 is 29.7 Å². The van der Waals surface area contributed by atoms with Crippen molar-refractivity contribution in [1.29, 1.82) is 0 Å². The van der Waals surface area contributed by atoms with E-state index in [0.717, 1.165) is 12.8 Å². The molecule has 1 atom stereocenters. The number of alkyl halides is 3. The molecule has 1 aromatic carbocycles. The summed E-state index contributed by atoms with van der Waals surface area (Å²) in [4.78, 5) is 16.3. The van der Waals surface area contributed by atoms with E-state index in [-0.39, 0.29) is 35.5 Å². The van der Waals surface area contributed by atoms with Crippen molar-refractivity contribution < 1.29 is 45.9 Å². The van der Waals surface area contributed by atoms with Crippen molar-refractivity contribution in [3.8, 4) is 5.88 Å². The lowest BCUT2D eigenvalue weighted by Gasteiger charge is -2.32. The minimum atomic E-state index is -4.64. The average molecular weight is 691 g/mol. The highest BCUT2D eigenvalue weighted by Gasteiger charge is 2.54. The van der Waals surface area contributed by atoms with Crippen molar-refractivity contribution in [1.82, 2.24) is 20.1 Å². The van der Waals surface area contributed by atoms with Crippen LogP contribution in [0.1, 0.15) is 91.5 Å². The van der Waals surface area contributed by atoms with Crippen molar-refractivity contribution in [3.05, 3.63) is 59.1 Å². The van der Waals surface area contributed by atoms with Gasteiger partial charge in [-0.15, -0.1) is 5.10 Å². The number of allylic oxidation sites excluding steroid dienone is 1. The van der Waals surface area contributed by atoms with Crippen LogP contribution in [0.15, 0.2) is 42.0 Å². The van der Waals surface area contributed by atoms with E-state index >= 15 is 4.39 Å². The minimum Gasteiger partial charge on any atom is -0.476 e. The molecule has 4 heterocycles. The van der Waals surface area contributed by atoms with E-state index in [2.05, 4.69) is 15.4 Å². The molecule has 1 amide bonds. The second-order valence-corrected chi connectivity index (χ2v) is 14.2. The van der Waals surface area contributed by atoms with E-state index < -0.39 is 54.8 Å². The van der Waals surface area contributed by atoms with Gasteiger partial charge in [-0.1, -0.05) is 6.07 Å². The van der Waals surface area contributed by atoms with Crippen LogP contribution >= 0.6 is 0 Å². The molecule has 2 aromatic heterocycles. The number of carbonyl (C=O) groups excluding carboxylic acids is 1. The van der Waals surface area contributed by atoms with E-state index in [1.807, 2.05) is 0 Å². The molecule has 0 radical (unpaired) electrons. The molecule has 2 fully saturated rings. The number of benzene rings is 1. The predicted octanol–water partition coefficient (Wildman–Crippen LogP) is 7.56. The molecule has 5 rings (SSSR count). The summed E-state index contributed by atoms with van der Waals surface area (Å²) in [5, 5.41) is 6.81. The molecule has 15 heteroatoms. The summed E-state index contributed by atoms with van der Waals surface area (Å²) >= 11 is 0. The molecule has 0 aliphatic carbocycles. The maximum atomic E-state index is 15.4. The zero-order valence-electron chi connectivity index (χ0n) is 28.9. The maximum absolute atomic E-state index is 15.4. The third kappa shape index (κ3) is 8.73. The molecule has 0 spiro atoms. The summed E-state index contributed by atoms with van der Waals surface area (Å²) in [5.41, 5.74) is -1.52. The Morgan fingerprint density at radius 1 is 1.06 bits per heavy atom. The third-order valence-electron chi connectivity index (χ3n) is 8.67. The van der Waals surface area contributed by atoms with Crippen molar-refractivity contribution in [3.63, 3.8) is 0 Å². The van der Waals surface area contributed by atoms with Gasteiger partial charge in [0.2, 0.25) is 11.8 Å². The van der Waals surface area contributed by atoms with Crippen LogP contribution in [0.5, 0.6) is 5.88 Å². The average Bonchev–Trinajstić information content (AvgIpc) is 3.45. The zero-order valence-corrected chi connectivity index (χ0v) is 28.9. The van der Waals surface area contributed by atoms with Crippen LogP contribution in [0.3, 0.4) is 0 Å². The summed E-state index contributed by atoms with van der Waals surface area (Å²) in [6, 6.07) is 7.83. The van der Waals surface area contributed by atoms with E-state index in [4.69, 9.17) is 23.5 Å². The van der Waals surface area contributed by atoms with Crippen LogP contribution in [-0.2, 0) is 18.8 Å². The first-order valence-electron chi connectivity index (χ1n) is 16.3. The molecule has 49 heavy (non-hydrogen) atoms. The number of pyridine rings is 1. The van der Waals surface area contributed by atoms with Crippen molar-refractivity contribution in [2.45, 2.75) is 103 Å². The maximum Gasteiger partial charge on any atom is 0.491 e. The molecule has 1 N–H and O–H groups in total. The van der Waals surface area contributed by atoms with Gasteiger partial charge in [-0.05, 0) is 103 Å². The van der Waals surface area contributed by atoms with Crippen LogP contribution in [0.2, 0.25) is 0 Å². The first-order valence-corrected chi connectivity index (χ1v) is 16.3. The Balaban J connectivity index is 1.53. The normalized spacial score (nSPS) is 19.9. The predicted molar refractivity (Wildman–Crippen MR) is 175 cm³/mol. The topological polar surface area (TPSA) is 106 Å². The number of aromatic nitrogens is 3. The number of hydrogen-bond donors (Lipinski definition) is 1. The first kappa shape index (κ1) is 36.6. The second kappa shape index (κ2) is 13.9. The number of carbonyl (C=O) groups is 1. The van der Waals surface area contributed by atoms with Crippen LogP contribution < -0.4 is 10.1 Å². The highest BCUT2D eigenvalue weighted by atomic mass is 19.4. The SMILES string of the molecule is CC(C)(C)OC(=O)NCCOc1ccc(/C(=C(/CC(F)(F)F)B2OC(C)(C)C(C)(C)O2)c2ccc3c(c2)c(F)nn3C2CCCCO2)cn1. The zero-order chi connectivity index (χ0) is 35.8. The van der Waals surface area contributed by atoms with E-state index in [0.29, 0.717) is 29.7 Å². The number of nitrogens with one attached hydrogen (secondary N) is 1. The number of amides is 1. The highest BCUT2D eigenvalue weighted by Crippen LogP contribution is 2.44. The van der Waals surface area contributed by atoms with E-state index in [9.17, 15) is 18.0 Å². The van der Waals surface area contributed by atoms with Crippen LogP contribution in [0.25, 0.3) is 16.5 Å². The van der Waals surface area contributed by atoms with Gasteiger partial charge in [-0.3, -0.25) is 0 Å². The second-order valence-electron chi connectivity index (χ2n) is 14.2. The number of halogens is 4. The molecule has 0 bridgehead atoms. The quantitative estimate of drug-likeness (QED) is 0.139. The Morgan fingerprint density at radius 2 is 1.76 bits per heavy atom. The van der Waals surface area contributed by atoms with Crippen molar-refractivity contribution in [2.24, 2.45) is 0 Å². The lowest BCUT2D eigenvalue weighted by molar-refractivity contribution is -0.126. The fourth-order valence-electron chi connectivity index (χ4n) is 5.66. The number of fused-ring (bicyclic) bond motifs is 1. The molecule has 2 aliphatic heterocycles. The Kier molecular flexibility index (Phi) is 10.4. The highest BCUT2D eigenvalue weighted by molar-refractivity contribution is 6.56. The Hall–Kier alpha value is -3.69. The van der Waals surface area contributed by atoms with Crippen molar-refractivity contribution in [2.75, 3.05) is 19.8 Å². The van der Waals surface area contributed by atoms with Gasteiger partial charge in [0, 0.05) is 24.4 Å². The number of ether oxygens (including phenoxy) is 3. The number of nitrogens with zero attached hydrogens (tertiary/aromatic N) is 3. The summed E-state index contributed by atoms with van der Waals surface area (Å²) in [6.07, 6.45) is -3.18. The van der Waals surface area contributed by atoms with Gasteiger partial charge >= 0.3 is 19.4 Å². The molecular weight excluding hydrogens is 647 g/mol. The van der Waals surface area contributed by atoms with Gasteiger partial charge in [-0.2, -0.15) is 17.6 Å². The van der Waals surface area contributed by atoms with Gasteiger partial charge < -0.3 is 28.8 Å². The molecule has 3 aromatic rings. The minimum absolute atomic E-state index is 0.0617. The molecule has 10 nitrogen and oxygen atoms in total. The van der Waals surface area contributed by atoms with Gasteiger partial charge in [0.25, 0.3) is 0 Å². The third-order valence-corrected chi connectivity index (χ3v) is 8.67. The fraction of sp³-hybridized carbons (Fsp3) is 0.559. The summed E-state index contributed by atoms with van der Waals surface area (Å²) in [6.45, 7) is 13.0. The van der Waals surface area contributed by atoms with Gasteiger partial charge in [0.1, 0.15) is 12.2 Å². The monoisotopic (exact) mass is 690 g/mol. The summed E-state index contributed by atoms with van der Waals surface area (Å²) < 4.78 is 88.9. The van der Waals surface area contributed by atoms with Crippen LogP contribution in [0, 0.1) is 5.95 Å². The summed E-state index contributed by atoms with van der Waals surface area (Å²) in [7, 11) is -1.37. The molecule has 2 saturated heterocycles. The number of rotatable bonds is 9. The molecule has 0 saturated carbocycles. The lowest BCUT2D eigenvalue weighted by atomic mass is 9.70. The summed E-state index contributed by atoms with van der Waals surface area (Å²) in [5.74, 6) is -0.586. The largest absolute Gasteiger partial charge is 0.491 e. The van der Waals surface area contributed by atoms with Gasteiger partial charge in [-0.25, -0.2) is 14.5 Å². The van der Waals surface area contributed by atoms with E-state index in [1.54, 1.807) is 66.7 Å². The molecular formula is C34H43BF4N4O6. The van der Waals surface area contributed by atoms with Crippen LogP contribution in [-0.4, -0.2) is 70.7 Å². The van der Waals surface area contributed by atoms with E-state index in [1.165, 1.54) is 23.0 Å². The Bertz CT molecular complexity index is 1660. The Morgan fingerprint density at radius 3 is 2.35 bits per heavy atom. The van der Waals surface area contributed by atoms with Gasteiger partial charge in [0.15, 0.2) is 6.23 Å². The smallest absolute Gasteiger partial charge is 0.476 e. The number of hydrogen-bond acceptors (Lipinski definition) is 8. The molecule has 266 valence electrons.